The third kappa shape index (κ3) is 3.80. The van der Waals surface area contributed by atoms with Crippen LogP contribution in [0.1, 0.15) is 38.1 Å². The monoisotopic (exact) mass is 359 g/mol. The highest BCUT2D eigenvalue weighted by Gasteiger charge is 2.27. The molecule has 2 heterocycles. The summed E-state index contributed by atoms with van der Waals surface area (Å²) in [5, 5.41) is 8.39. The summed E-state index contributed by atoms with van der Waals surface area (Å²) in [6, 6.07) is 0.585. The number of halogens is 1. The van der Waals surface area contributed by atoms with Gasteiger partial charge in [-0.15, -0.1) is 0 Å². The predicted octanol–water partition coefficient (Wildman–Crippen LogP) is 3.41. The fraction of sp³-hybridized carbons (Fsp3) is 0.800. The minimum atomic E-state index is 0.585. The van der Waals surface area contributed by atoms with Gasteiger partial charge in [-0.2, -0.15) is 16.9 Å². The summed E-state index contributed by atoms with van der Waals surface area (Å²) in [6.07, 6.45) is 4.61. The molecular formula is C15H26BrN3S. The summed E-state index contributed by atoms with van der Waals surface area (Å²) in [7, 11) is 2.07. The highest BCUT2D eigenvalue weighted by molar-refractivity contribution is 9.10. The van der Waals surface area contributed by atoms with Crippen molar-refractivity contribution in [2.75, 3.05) is 18.1 Å². The molecule has 1 aliphatic heterocycles. The van der Waals surface area contributed by atoms with Crippen LogP contribution in [0.2, 0.25) is 0 Å². The molecule has 5 heteroatoms. The second kappa shape index (κ2) is 7.85. The van der Waals surface area contributed by atoms with Gasteiger partial charge in [-0.05, 0) is 59.2 Å². The molecule has 1 aromatic rings. The van der Waals surface area contributed by atoms with E-state index in [2.05, 4.69) is 63.7 Å². The summed E-state index contributed by atoms with van der Waals surface area (Å²) in [4.78, 5) is 0. The molecule has 2 rings (SSSR count). The van der Waals surface area contributed by atoms with E-state index < -0.39 is 0 Å². The van der Waals surface area contributed by atoms with Crippen molar-refractivity contribution in [2.24, 2.45) is 13.0 Å². The number of thioether (sulfide) groups is 1. The van der Waals surface area contributed by atoms with Gasteiger partial charge in [0.1, 0.15) is 0 Å². The third-order valence-corrected chi connectivity index (χ3v) is 6.21. The SMILES string of the molecule is CCCNC(Cc1c(Br)c(CC)nn1C)C1CCSC1. The first kappa shape index (κ1) is 16.4. The summed E-state index contributed by atoms with van der Waals surface area (Å²) in [5.74, 6) is 3.43. The molecule has 114 valence electrons. The van der Waals surface area contributed by atoms with E-state index in [0.29, 0.717) is 6.04 Å². The van der Waals surface area contributed by atoms with Crippen LogP contribution in [-0.2, 0) is 19.9 Å². The minimum absolute atomic E-state index is 0.585. The number of aryl methyl sites for hydroxylation is 2. The number of hydrogen-bond donors (Lipinski definition) is 1. The Labute approximate surface area is 135 Å². The van der Waals surface area contributed by atoms with Crippen molar-refractivity contribution in [1.29, 1.82) is 0 Å². The Hall–Kier alpha value is -0.000000000000000111. The Morgan fingerprint density at radius 2 is 2.30 bits per heavy atom. The Balaban J connectivity index is 2.11. The standard InChI is InChI=1S/C15H26BrN3S/c1-4-7-17-13(11-6-8-20-10-11)9-14-15(16)12(5-2)18-19(14)3/h11,13,17H,4-10H2,1-3H3. The van der Waals surface area contributed by atoms with E-state index in [0.717, 1.165) is 25.3 Å². The maximum absolute atomic E-state index is 4.63. The molecule has 1 N–H and O–H groups in total. The summed E-state index contributed by atoms with van der Waals surface area (Å²) < 4.78 is 3.28. The smallest absolute Gasteiger partial charge is 0.0766 e. The van der Waals surface area contributed by atoms with E-state index in [1.54, 1.807) is 0 Å². The van der Waals surface area contributed by atoms with Crippen molar-refractivity contribution in [3.8, 4) is 0 Å². The second-order valence-corrected chi connectivity index (χ2v) is 7.52. The Bertz CT molecular complexity index is 427. The molecule has 0 aromatic carbocycles. The maximum Gasteiger partial charge on any atom is 0.0766 e. The van der Waals surface area contributed by atoms with Crippen molar-refractivity contribution in [1.82, 2.24) is 15.1 Å². The van der Waals surface area contributed by atoms with E-state index in [1.165, 1.54) is 40.2 Å². The molecule has 1 aliphatic rings. The van der Waals surface area contributed by atoms with Crippen LogP contribution in [-0.4, -0.2) is 33.9 Å². The van der Waals surface area contributed by atoms with Crippen molar-refractivity contribution in [3.05, 3.63) is 15.9 Å². The number of hydrogen-bond acceptors (Lipinski definition) is 3. The van der Waals surface area contributed by atoms with Crippen molar-refractivity contribution < 1.29 is 0 Å². The van der Waals surface area contributed by atoms with Gasteiger partial charge in [-0.3, -0.25) is 4.68 Å². The van der Waals surface area contributed by atoms with E-state index >= 15 is 0 Å². The van der Waals surface area contributed by atoms with Crippen LogP contribution < -0.4 is 5.32 Å². The maximum atomic E-state index is 4.63. The lowest BCUT2D eigenvalue weighted by Gasteiger charge is -2.24. The van der Waals surface area contributed by atoms with Crippen molar-refractivity contribution in [3.63, 3.8) is 0 Å². The molecule has 0 aliphatic carbocycles. The molecule has 0 radical (unpaired) electrons. The van der Waals surface area contributed by atoms with E-state index in [4.69, 9.17) is 0 Å². The molecule has 1 aromatic heterocycles. The van der Waals surface area contributed by atoms with Crippen LogP contribution in [0.5, 0.6) is 0 Å². The zero-order valence-corrected chi connectivity index (χ0v) is 15.2. The van der Waals surface area contributed by atoms with Crippen LogP contribution in [0, 0.1) is 5.92 Å². The van der Waals surface area contributed by atoms with E-state index in [-0.39, 0.29) is 0 Å². The molecule has 2 atom stereocenters. The zero-order valence-electron chi connectivity index (χ0n) is 12.8. The number of nitrogens with one attached hydrogen (secondary N) is 1. The second-order valence-electron chi connectivity index (χ2n) is 5.57. The van der Waals surface area contributed by atoms with Gasteiger partial charge in [-0.1, -0.05) is 13.8 Å². The Kier molecular flexibility index (Phi) is 6.43. The van der Waals surface area contributed by atoms with Crippen molar-refractivity contribution in [2.45, 2.75) is 45.6 Å². The lowest BCUT2D eigenvalue weighted by Crippen LogP contribution is -2.39. The molecule has 1 saturated heterocycles. The fourth-order valence-electron chi connectivity index (χ4n) is 2.86. The van der Waals surface area contributed by atoms with Gasteiger partial charge in [0.25, 0.3) is 0 Å². The minimum Gasteiger partial charge on any atom is -0.313 e. The Morgan fingerprint density at radius 3 is 2.85 bits per heavy atom. The third-order valence-electron chi connectivity index (χ3n) is 4.11. The lowest BCUT2D eigenvalue weighted by atomic mass is 9.94. The van der Waals surface area contributed by atoms with Crippen molar-refractivity contribution >= 4 is 27.7 Å². The number of aromatic nitrogens is 2. The van der Waals surface area contributed by atoms with Gasteiger partial charge in [0.2, 0.25) is 0 Å². The molecular weight excluding hydrogens is 334 g/mol. The van der Waals surface area contributed by atoms with Gasteiger partial charge in [0.05, 0.1) is 15.9 Å². The number of rotatable bonds is 7. The van der Waals surface area contributed by atoms with E-state index in [9.17, 15) is 0 Å². The molecule has 0 spiro atoms. The largest absolute Gasteiger partial charge is 0.313 e. The van der Waals surface area contributed by atoms with Crippen LogP contribution >= 0.6 is 27.7 Å². The average molecular weight is 360 g/mol. The highest BCUT2D eigenvalue weighted by atomic mass is 79.9. The molecule has 2 unspecified atom stereocenters. The summed E-state index contributed by atoms with van der Waals surface area (Å²) in [5.41, 5.74) is 2.52. The first-order chi connectivity index (χ1) is 9.67. The quantitative estimate of drug-likeness (QED) is 0.808. The average Bonchev–Trinajstić information content (AvgIpc) is 3.05. The molecule has 0 amide bonds. The summed E-state index contributed by atoms with van der Waals surface area (Å²) >= 11 is 5.85. The van der Waals surface area contributed by atoms with Gasteiger partial charge in [0, 0.05) is 19.5 Å². The van der Waals surface area contributed by atoms with Gasteiger partial charge >= 0.3 is 0 Å². The number of nitrogens with zero attached hydrogens (tertiary/aromatic N) is 2. The first-order valence-electron chi connectivity index (χ1n) is 7.68. The topological polar surface area (TPSA) is 29.9 Å². The fourth-order valence-corrected chi connectivity index (χ4v) is 4.97. The van der Waals surface area contributed by atoms with Crippen LogP contribution in [0.4, 0.5) is 0 Å². The van der Waals surface area contributed by atoms with Gasteiger partial charge in [-0.25, -0.2) is 0 Å². The van der Waals surface area contributed by atoms with Gasteiger partial charge in [0.15, 0.2) is 0 Å². The first-order valence-corrected chi connectivity index (χ1v) is 9.63. The van der Waals surface area contributed by atoms with Gasteiger partial charge < -0.3 is 5.32 Å². The van der Waals surface area contributed by atoms with E-state index in [1.807, 2.05) is 0 Å². The summed E-state index contributed by atoms with van der Waals surface area (Å²) in [6.45, 7) is 5.52. The van der Waals surface area contributed by atoms with Crippen LogP contribution in [0.3, 0.4) is 0 Å². The lowest BCUT2D eigenvalue weighted by molar-refractivity contribution is 0.373. The molecule has 0 saturated carbocycles. The normalized spacial score (nSPS) is 20.5. The Morgan fingerprint density at radius 1 is 1.50 bits per heavy atom. The van der Waals surface area contributed by atoms with Crippen LogP contribution in [0.25, 0.3) is 0 Å². The van der Waals surface area contributed by atoms with Crippen LogP contribution in [0.15, 0.2) is 4.47 Å². The molecule has 3 nitrogen and oxygen atoms in total. The zero-order chi connectivity index (χ0) is 14.5. The highest BCUT2D eigenvalue weighted by Crippen LogP contribution is 2.30. The predicted molar refractivity (Wildman–Crippen MR) is 91.5 cm³/mol. The molecule has 0 bridgehead atoms. The molecule has 1 fully saturated rings. The molecule has 20 heavy (non-hydrogen) atoms.